The average Bonchev–Trinajstić information content (AvgIpc) is 2.78. The molecule has 33 heavy (non-hydrogen) atoms. The summed E-state index contributed by atoms with van der Waals surface area (Å²) in [5, 5.41) is 6.13. The molecular weight excluding hydrogens is 461 g/mol. The van der Waals surface area contributed by atoms with Gasteiger partial charge in [-0.2, -0.15) is 0 Å². The van der Waals surface area contributed by atoms with Gasteiger partial charge in [0.2, 0.25) is 5.91 Å². The van der Waals surface area contributed by atoms with Gasteiger partial charge in [-0.15, -0.1) is 6.42 Å². The van der Waals surface area contributed by atoms with E-state index in [2.05, 4.69) is 16.6 Å². The second-order valence-corrected chi connectivity index (χ2v) is 8.00. The van der Waals surface area contributed by atoms with Crippen LogP contribution in [0.4, 0.5) is 11.4 Å². The first-order valence-corrected chi connectivity index (χ1v) is 10.5. The second kappa shape index (κ2) is 10.7. The molecule has 0 unspecified atom stereocenters. The minimum atomic E-state index is -0.388. The van der Waals surface area contributed by atoms with E-state index in [0.29, 0.717) is 38.1 Å². The lowest BCUT2D eigenvalue weighted by Crippen LogP contribution is -2.34. The summed E-state index contributed by atoms with van der Waals surface area (Å²) in [4.78, 5) is 38.7. The zero-order valence-electron chi connectivity index (χ0n) is 17.6. The van der Waals surface area contributed by atoms with Gasteiger partial charge >= 0.3 is 0 Å². The first kappa shape index (κ1) is 23.9. The average molecular weight is 480 g/mol. The van der Waals surface area contributed by atoms with Gasteiger partial charge in [-0.3, -0.25) is 14.4 Å². The molecule has 0 aliphatic heterocycles. The number of likely N-dealkylation sites (N-methyl/N-ethyl adjacent to an activating group) is 1. The Balaban J connectivity index is 1.59. The molecule has 0 radical (unpaired) electrons. The second-order valence-electron chi connectivity index (χ2n) is 7.12. The summed E-state index contributed by atoms with van der Waals surface area (Å²) in [5.74, 6) is 1.41. The quantitative estimate of drug-likeness (QED) is 0.491. The van der Waals surface area contributed by atoms with Gasteiger partial charge in [0.05, 0.1) is 6.54 Å². The molecule has 2 N–H and O–H groups in total. The molecule has 0 bridgehead atoms. The molecule has 6 nitrogen and oxygen atoms in total. The molecule has 3 amide bonds. The van der Waals surface area contributed by atoms with Gasteiger partial charge in [0, 0.05) is 45.2 Å². The molecule has 8 heteroatoms. The normalized spacial score (nSPS) is 10.1. The van der Waals surface area contributed by atoms with Crippen molar-refractivity contribution >= 4 is 52.3 Å². The Bertz CT molecular complexity index is 1230. The number of nitrogens with one attached hydrogen (secondary N) is 2. The van der Waals surface area contributed by atoms with Gasteiger partial charge in [-0.1, -0.05) is 35.2 Å². The number of nitrogens with zero attached hydrogens (tertiary/aromatic N) is 1. The van der Waals surface area contributed by atoms with E-state index < -0.39 is 0 Å². The molecule has 0 aromatic heterocycles. The van der Waals surface area contributed by atoms with Crippen molar-refractivity contribution < 1.29 is 14.4 Å². The van der Waals surface area contributed by atoms with E-state index in [9.17, 15) is 14.4 Å². The van der Waals surface area contributed by atoms with E-state index in [4.69, 9.17) is 29.6 Å². The first-order chi connectivity index (χ1) is 15.7. The number of anilines is 2. The fourth-order valence-electron chi connectivity index (χ4n) is 2.98. The van der Waals surface area contributed by atoms with Crippen molar-refractivity contribution in [3.8, 4) is 12.3 Å². The number of carbonyl (C=O) groups is 3. The number of hydrogen-bond donors (Lipinski definition) is 2. The highest BCUT2D eigenvalue weighted by Gasteiger charge is 2.16. The van der Waals surface area contributed by atoms with Crippen molar-refractivity contribution in [1.29, 1.82) is 0 Å². The maximum Gasteiger partial charge on any atom is 0.255 e. The van der Waals surface area contributed by atoms with Gasteiger partial charge in [-0.25, -0.2) is 0 Å². The fourth-order valence-corrected chi connectivity index (χ4v) is 3.51. The van der Waals surface area contributed by atoms with Crippen LogP contribution in [0.5, 0.6) is 0 Å². The Morgan fingerprint density at radius 2 is 1.55 bits per heavy atom. The zero-order valence-corrected chi connectivity index (χ0v) is 19.1. The van der Waals surface area contributed by atoms with Crippen LogP contribution in [-0.4, -0.2) is 36.2 Å². The van der Waals surface area contributed by atoms with Crippen LogP contribution in [0.25, 0.3) is 0 Å². The van der Waals surface area contributed by atoms with Crippen molar-refractivity contribution in [2.24, 2.45) is 0 Å². The van der Waals surface area contributed by atoms with Gasteiger partial charge in [0.15, 0.2) is 0 Å². The summed E-state index contributed by atoms with van der Waals surface area (Å²) in [5.41, 5.74) is 2.36. The maximum absolute atomic E-state index is 12.7. The van der Waals surface area contributed by atoms with E-state index in [1.165, 1.54) is 30.1 Å². The minimum Gasteiger partial charge on any atom is -0.332 e. The predicted molar refractivity (Wildman–Crippen MR) is 131 cm³/mol. The zero-order chi connectivity index (χ0) is 24.0. The van der Waals surface area contributed by atoms with Crippen LogP contribution in [0.3, 0.4) is 0 Å². The Kier molecular flexibility index (Phi) is 7.73. The lowest BCUT2D eigenvalue weighted by molar-refractivity contribution is -0.116. The van der Waals surface area contributed by atoms with E-state index in [1.807, 2.05) is 0 Å². The summed E-state index contributed by atoms with van der Waals surface area (Å²) in [6, 6.07) is 17.7. The van der Waals surface area contributed by atoms with Crippen LogP contribution < -0.4 is 10.6 Å². The molecule has 3 aromatic carbocycles. The van der Waals surface area contributed by atoms with Crippen LogP contribution in [0.15, 0.2) is 66.7 Å². The SMILES string of the molecule is C#Cc1cccc(NC(=O)CN(C)C(=O)c2ccc(NC(=O)c3cc(Cl)cc(Cl)c3)cc2)c1. The molecule has 0 heterocycles. The molecule has 0 spiro atoms. The lowest BCUT2D eigenvalue weighted by Gasteiger charge is -2.17. The molecule has 3 rings (SSSR count). The monoisotopic (exact) mass is 479 g/mol. The predicted octanol–water partition coefficient (Wildman–Crippen LogP) is 4.94. The minimum absolute atomic E-state index is 0.146. The highest BCUT2D eigenvalue weighted by Crippen LogP contribution is 2.20. The van der Waals surface area contributed by atoms with Crippen molar-refractivity contribution in [3.05, 3.63) is 93.5 Å². The molecule has 0 aliphatic carbocycles. The topological polar surface area (TPSA) is 78.5 Å². The summed E-state index contributed by atoms with van der Waals surface area (Å²) >= 11 is 11.9. The fraction of sp³-hybridized carbons (Fsp3) is 0.0800. The molecule has 0 fully saturated rings. The number of carbonyl (C=O) groups excluding carboxylic acids is 3. The van der Waals surface area contributed by atoms with Gasteiger partial charge in [0.25, 0.3) is 11.8 Å². The van der Waals surface area contributed by atoms with Crippen LogP contribution in [0.1, 0.15) is 26.3 Å². The maximum atomic E-state index is 12.7. The van der Waals surface area contributed by atoms with E-state index in [0.717, 1.165) is 0 Å². The summed E-state index contributed by atoms with van der Waals surface area (Å²) in [7, 11) is 1.53. The van der Waals surface area contributed by atoms with Crippen molar-refractivity contribution in [1.82, 2.24) is 4.90 Å². The molecule has 0 saturated heterocycles. The largest absolute Gasteiger partial charge is 0.332 e. The highest BCUT2D eigenvalue weighted by molar-refractivity contribution is 6.35. The van der Waals surface area contributed by atoms with E-state index >= 15 is 0 Å². The van der Waals surface area contributed by atoms with Crippen molar-refractivity contribution in [2.45, 2.75) is 0 Å². The number of benzene rings is 3. The molecule has 166 valence electrons. The lowest BCUT2D eigenvalue weighted by atomic mass is 10.1. The van der Waals surface area contributed by atoms with Crippen molar-refractivity contribution in [3.63, 3.8) is 0 Å². The van der Waals surface area contributed by atoms with E-state index in [-0.39, 0.29) is 24.3 Å². The van der Waals surface area contributed by atoms with Gasteiger partial charge in [-0.05, 0) is 60.7 Å². The third kappa shape index (κ3) is 6.59. The molecular formula is C25H19Cl2N3O3. The van der Waals surface area contributed by atoms with Crippen LogP contribution in [0.2, 0.25) is 10.0 Å². The van der Waals surface area contributed by atoms with Crippen molar-refractivity contribution in [2.75, 3.05) is 24.2 Å². The van der Waals surface area contributed by atoms with Crippen LogP contribution >= 0.6 is 23.2 Å². The summed E-state index contributed by atoms with van der Waals surface area (Å²) in [6.07, 6.45) is 5.36. The third-order valence-corrected chi connectivity index (χ3v) is 4.99. The number of halogens is 2. The number of terminal acetylenes is 1. The van der Waals surface area contributed by atoms with Crippen LogP contribution in [0, 0.1) is 12.3 Å². The standard InChI is InChI=1S/C25H19Cl2N3O3/c1-3-16-5-4-6-22(11-16)28-23(31)15-30(2)25(33)17-7-9-21(10-8-17)29-24(32)18-12-19(26)14-20(27)13-18/h1,4-14H,15H2,2H3,(H,28,31)(H,29,32). The smallest absolute Gasteiger partial charge is 0.255 e. The molecule has 3 aromatic rings. The molecule has 0 aliphatic rings. The van der Waals surface area contributed by atoms with Gasteiger partial charge < -0.3 is 15.5 Å². The van der Waals surface area contributed by atoms with E-state index in [1.54, 1.807) is 48.5 Å². The Morgan fingerprint density at radius 1 is 0.879 bits per heavy atom. The number of rotatable bonds is 6. The Hall–Kier alpha value is -3.79. The van der Waals surface area contributed by atoms with Crippen LogP contribution in [-0.2, 0) is 4.79 Å². The first-order valence-electron chi connectivity index (χ1n) is 9.74. The summed E-state index contributed by atoms with van der Waals surface area (Å²) < 4.78 is 0. The highest BCUT2D eigenvalue weighted by atomic mass is 35.5. The molecule has 0 saturated carbocycles. The molecule has 0 atom stereocenters. The Morgan fingerprint density at radius 3 is 2.18 bits per heavy atom. The third-order valence-electron chi connectivity index (χ3n) is 4.55. The Labute approximate surface area is 201 Å². The summed E-state index contributed by atoms with van der Waals surface area (Å²) in [6.45, 7) is -0.146. The number of hydrogen-bond acceptors (Lipinski definition) is 3. The van der Waals surface area contributed by atoms with Gasteiger partial charge in [0.1, 0.15) is 0 Å². The number of amides is 3.